The molecule has 0 fully saturated rings. The van der Waals surface area contributed by atoms with Gasteiger partial charge in [0.25, 0.3) is 0 Å². The zero-order valence-corrected chi connectivity index (χ0v) is 24.7. The molecule has 2 rings (SSSR count). The molecule has 0 N–H and O–H groups in total. The van der Waals surface area contributed by atoms with Crippen molar-refractivity contribution in [2.45, 2.75) is 94.8 Å². The summed E-state index contributed by atoms with van der Waals surface area (Å²) in [6.07, 6.45) is -16.9. The van der Waals surface area contributed by atoms with Crippen molar-refractivity contribution in [2.24, 2.45) is 0 Å². The summed E-state index contributed by atoms with van der Waals surface area (Å²) in [4.78, 5) is 8.68. The molecule has 1 aromatic carbocycles. The van der Waals surface area contributed by atoms with Gasteiger partial charge in [0, 0.05) is 24.4 Å². The first-order chi connectivity index (χ1) is 21.6. The number of hydrogen-bond donors (Lipinski definition) is 0. The van der Waals surface area contributed by atoms with Crippen LogP contribution >= 0.6 is 0 Å². The molecular formula is C28H31F13N2O4. The molecule has 0 amide bonds. The number of aryl methyl sites for hydroxylation is 1. The van der Waals surface area contributed by atoms with E-state index in [4.69, 9.17) is 4.74 Å². The zero-order valence-electron chi connectivity index (χ0n) is 24.7. The second kappa shape index (κ2) is 16.5. The lowest BCUT2D eigenvalue weighted by molar-refractivity contribution is -0.547. The lowest BCUT2D eigenvalue weighted by Gasteiger charge is -2.35. The molecule has 268 valence electrons. The van der Waals surface area contributed by atoms with Crippen molar-refractivity contribution in [3.63, 3.8) is 0 Å². The second-order valence-corrected chi connectivity index (χ2v) is 10.2. The summed E-state index contributed by atoms with van der Waals surface area (Å²) in [7, 11) is 0. The van der Waals surface area contributed by atoms with E-state index in [2.05, 4.69) is 21.6 Å². The maximum atomic E-state index is 13.8. The van der Waals surface area contributed by atoms with Crippen molar-refractivity contribution >= 4 is 0 Å². The van der Waals surface area contributed by atoms with Gasteiger partial charge in [-0.05, 0) is 42.7 Å². The van der Waals surface area contributed by atoms with Crippen LogP contribution in [-0.4, -0.2) is 66.3 Å². The third-order valence-corrected chi connectivity index (χ3v) is 6.29. The van der Waals surface area contributed by atoms with Crippen molar-refractivity contribution in [3.05, 3.63) is 42.2 Å². The largest absolute Gasteiger partial charge is 0.527 e. The topological polar surface area (TPSA) is 62.7 Å². The Bertz CT molecular complexity index is 1210. The molecule has 0 saturated heterocycles. The van der Waals surface area contributed by atoms with Crippen LogP contribution < -0.4 is 4.74 Å². The SMILES string of the molecule is CCCCCCCCc1cnc(-c2ccc(OCCCOCC(F)(F)C(F)(F)C(F)(F)OC(F)(F)C(F)(F)OC(F)(F)F)cc2)nc1. The Balaban J connectivity index is 1.80. The normalized spacial score (nSPS) is 13.7. The van der Waals surface area contributed by atoms with Crippen LogP contribution in [0.4, 0.5) is 57.1 Å². The summed E-state index contributed by atoms with van der Waals surface area (Å²) in [5.74, 6) is -12.3. The van der Waals surface area contributed by atoms with Crippen molar-refractivity contribution < 1.29 is 76.0 Å². The molecule has 0 spiro atoms. The molecule has 0 unspecified atom stereocenters. The number of nitrogens with zero attached hydrogens (tertiary/aromatic N) is 2. The Morgan fingerprint density at radius 1 is 0.617 bits per heavy atom. The van der Waals surface area contributed by atoms with Gasteiger partial charge < -0.3 is 9.47 Å². The smallest absolute Gasteiger partial charge is 0.494 e. The lowest BCUT2D eigenvalue weighted by atomic mass is 10.1. The van der Waals surface area contributed by atoms with Crippen LogP contribution in [0.1, 0.15) is 57.4 Å². The van der Waals surface area contributed by atoms with Gasteiger partial charge in [-0.2, -0.15) is 43.9 Å². The first-order valence-corrected chi connectivity index (χ1v) is 14.1. The third-order valence-electron chi connectivity index (χ3n) is 6.29. The standard InChI is InChI=1S/C28H31F13N2O4/c1-2-3-4-5-6-7-9-19-16-42-22(43-17-19)20-10-12-21(13-11-20)45-15-8-14-44-18-23(29,30)24(31,32)25(33,34)46-26(35,36)27(37,38)47-28(39,40)41/h10-13,16-17H,2-9,14-15,18H2,1H3. The molecule has 47 heavy (non-hydrogen) atoms. The monoisotopic (exact) mass is 706 g/mol. The fourth-order valence-electron chi connectivity index (χ4n) is 3.79. The Labute approximate surface area is 260 Å². The maximum Gasteiger partial charge on any atom is 0.527 e. The predicted molar refractivity (Wildman–Crippen MR) is 138 cm³/mol. The molecule has 0 atom stereocenters. The molecule has 0 radical (unpaired) electrons. The fourth-order valence-corrected chi connectivity index (χ4v) is 3.79. The van der Waals surface area contributed by atoms with E-state index < -0.39 is 49.7 Å². The van der Waals surface area contributed by atoms with E-state index in [1.54, 1.807) is 34.0 Å². The van der Waals surface area contributed by atoms with E-state index >= 15 is 0 Å². The highest BCUT2D eigenvalue weighted by atomic mass is 19.4. The first-order valence-electron chi connectivity index (χ1n) is 14.1. The number of benzene rings is 1. The van der Waals surface area contributed by atoms with Crippen LogP contribution in [0.15, 0.2) is 36.7 Å². The molecular weight excluding hydrogens is 675 g/mol. The molecule has 0 saturated carbocycles. The minimum atomic E-state index is -7.13. The van der Waals surface area contributed by atoms with Gasteiger partial charge >= 0.3 is 36.5 Å². The number of hydrogen-bond acceptors (Lipinski definition) is 6. The number of alkyl halides is 13. The van der Waals surface area contributed by atoms with Crippen LogP contribution in [0.2, 0.25) is 0 Å². The van der Waals surface area contributed by atoms with E-state index in [1.807, 2.05) is 0 Å². The fraction of sp³-hybridized carbons (Fsp3) is 0.643. The van der Waals surface area contributed by atoms with Crippen molar-refractivity contribution in [3.8, 4) is 17.1 Å². The minimum Gasteiger partial charge on any atom is -0.494 e. The molecule has 0 aliphatic rings. The Morgan fingerprint density at radius 3 is 1.74 bits per heavy atom. The highest BCUT2D eigenvalue weighted by molar-refractivity contribution is 5.55. The summed E-state index contributed by atoms with van der Waals surface area (Å²) in [5, 5.41) is 0. The lowest BCUT2D eigenvalue weighted by Crippen LogP contribution is -2.61. The summed E-state index contributed by atoms with van der Waals surface area (Å²) in [6.45, 7) is -1.47. The van der Waals surface area contributed by atoms with E-state index in [0.717, 1.165) is 24.8 Å². The van der Waals surface area contributed by atoms with Crippen LogP contribution in [0.5, 0.6) is 5.75 Å². The van der Waals surface area contributed by atoms with E-state index in [0.29, 0.717) is 11.4 Å². The quantitative estimate of drug-likeness (QED) is 0.0953. The highest BCUT2D eigenvalue weighted by Crippen LogP contribution is 2.51. The van der Waals surface area contributed by atoms with Gasteiger partial charge in [-0.3, -0.25) is 0 Å². The summed E-state index contributed by atoms with van der Waals surface area (Å²) in [5.41, 5.74) is 1.64. The predicted octanol–water partition coefficient (Wildman–Crippen LogP) is 9.43. The number of aromatic nitrogens is 2. The molecule has 0 aliphatic heterocycles. The van der Waals surface area contributed by atoms with Gasteiger partial charge in [0.2, 0.25) is 0 Å². The van der Waals surface area contributed by atoms with Gasteiger partial charge in [-0.25, -0.2) is 19.4 Å². The molecule has 1 aromatic heterocycles. The number of unbranched alkanes of at least 4 members (excludes halogenated alkanes) is 5. The average Bonchev–Trinajstić information content (AvgIpc) is 2.95. The second-order valence-electron chi connectivity index (χ2n) is 10.2. The Hall–Kier alpha value is -2.93. The summed E-state index contributed by atoms with van der Waals surface area (Å²) < 4.78 is 183. The van der Waals surface area contributed by atoms with Gasteiger partial charge in [0.05, 0.1) is 13.2 Å². The Kier molecular flexibility index (Phi) is 14.1. The van der Waals surface area contributed by atoms with Gasteiger partial charge in [0.15, 0.2) is 5.82 Å². The molecule has 0 aliphatic carbocycles. The van der Waals surface area contributed by atoms with Gasteiger partial charge in [-0.1, -0.05) is 39.0 Å². The van der Waals surface area contributed by atoms with Crippen LogP contribution in [0, 0.1) is 0 Å². The maximum absolute atomic E-state index is 13.8. The molecule has 0 bridgehead atoms. The van der Waals surface area contributed by atoms with E-state index in [1.165, 1.54) is 37.8 Å². The van der Waals surface area contributed by atoms with Gasteiger partial charge in [0.1, 0.15) is 12.4 Å². The van der Waals surface area contributed by atoms with Crippen LogP contribution in [0.25, 0.3) is 11.4 Å². The first kappa shape index (κ1) is 40.2. The number of ether oxygens (including phenoxy) is 4. The molecule has 6 nitrogen and oxygen atoms in total. The van der Waals surface area contributed by atoms with Crippen molar-refractivity contribution in [2.75, 3.05) is 19.8 Å². The van der Waals surface area contributed by atoms with Crippen LogP contribution in [-0.2, 0) is 20.6 Å². The minimum absolute atomic E-state index is 0.259. The number of halogens is 13. The summed E-state index contributed by atoms with van der Waals surface area (Å²) >= 11 is 0. The third kappa shape index (κ3) is 11.9. The van der Waals surface area contributed by atoms with Crippen molar-refractivity contribution in [1.82, 2.24) is 9.97 Å². The Morgan fingerprint density at radius 2 is 1.17 bits per heavy atom. The molecule has 2 aromatic rings. The zero-order chi connectivity index (χ0) is 35.6. The molecule has 19 heteroatoms. The van der Waals surface area contributed by atoms with Crippen LogP contribution in [0.3, 0.4) is 0 Å². The molecule has 1 heterocycles. The van der Waals surface area contributed by atoms with E-state index in [-0.39, 0.29) is 18.8 Å². The summed E-state index contributed by atoms with van der Waals surface area (Å²) in [6, 6.07) is 6.27. The van der Waals surface area contributed by atoms with E-state index in [9.17, 15) is 57.1 Å². The highest BCUT2D eigenvalue weighted by Gasteiger charge is 2.78. The number of rotatable bonds is 21. The van der Waals surface area contributed by atoms with Gasteiger partial charge in [-0.15, -0.1) is 13.2 Å². The van der Waals surface area contributed by atoms with Crippen molar-refractivity contribution in [1.29, 1.82) is 0 Å². The average molecular weight is 707 g/mol.